The molecule has 0 bridgehead atoms. The summed E-state index contributed by atoms with van der Waals surface area (Å²) in [6, 6.07) is 4.04. The third-order valence-electron chi connectivity index (χ3n) is 4.48. The van der Waals surface area contributed by atoms with E-state index in [4.69, 9.17) is 5.41 Å². The Hall–Kier alpha value is -1.82. The zero-order valence-electron chi connectivity index (χ0n) is 12.8. The number of amides is 1. The summed E-state index contributed by atoms with van der Waals surface area (Å²) in [5.74, 6) is 1.46. The number of carbonyl (C=O) groups is 1. The highest BCUT2D eigenvalue weighted by Crippen LogP contribution is 2.44. The number of pyridine rings is 1. The van der Waals surface area contributed by atoms with Crippen LogP contribution < -0.4 is 5.32 Å². The molecule has 1 aromatic heterocycles. The lowest BCUT2D eigenvalue weighted by molar-refractivity contribution is -0.129. The second-order valence-electron chi connectivity index (χ2n) is 5.77. The maximum absolute atomic E-state index is 12.2. The van der Waals surface area contributed by atoms with Crippen molar-refractivity contribution in [3.05, 3.63) is 41.1 Å². The van der Waals surface area contributed by atoms with Gasteiger partial charge in [-0.25, -0.2) is 0 Å². The lowest BCUT2D eigenvalue weighted by Crippen LogP contribution is -2.61. The summed E-state index contributed by atoms with van der Waals surface area (Å²) in [7, 11) is 1.64. The van der Waals surface area contributed by atoms with E-state index < -0.39 is 5.54 Å². The van der Waals surface area contributed by atoms with E-state index in [-0.39, 0.29) is 11.9 Å². The minimum atomic E-state index is -0.428. The lowest BCUT2D eigenvalue weighted by atomic mass is 9.87. The van der Waals surface area contributed by atoms with Crippen molar-refractivity contribution in [1.29, 1.82) is 5.41 Å². The van der Waals surface area contributed by atoms with E-state index in [9.17, 15) is 4.79 Å². The molecule has 5 nitrogen and oxygen atoms in total. The first-order valence-electron chi connectivity index (χ1n) is 7.44. The molecule has 2 atom stereocenters. The fraction of sp³-hybridized carbons (Fsp3) is 0.438. The Morgan fingerprint density at radius 2 is 2.41 bits per heavy atom. The first-order valence-corrected chi connectivity index (χ1v) is 8.42. The van der Waals surface area contributed by atoms with E-state index in [1.54, 1.807) is 25.0 Å². The maximum atomic E-state index is 12.2. The second-order valence-corrected chi connectivity index (χ2v) is 6.84. The average Bonchev–Trinajstić information content (AvgIpc) is 3.03. The minimum Gasteiger partial charge on any atom is -0.346 e. The number of nitrogens with zero attached hydrogens (tertiary/aromatic N) is 2. The lowest BCUT2D eigenvalue weighted by Gasteiger charge is -2.42. The molecule has 0 aliphatic carbocycles. The number of hydrogen-bond acceptors (Lipinski definition) is 4. The summed E-state index contributed by atoms with van der Waals surface area (Å²) in [5, 5.41) is 11.3. The van der Waals surface area contributed by atoms with E-state index in [1.807, 2.05) is 12.3 Å². The van der Waals surface area contributed by atoms with Gasteiger partial charge < -0.3 is 5.32 Å². The fourth-order valence-electron chi connectivity index (χ4n) is 2.94. The van der Waals surface area contributed by atoms with Gasteiger partial charge in [-0.2, -0.15) is 0 Å². The van der Waals surface area contributed by atoms with E-state index in [0.717, 1.165) is 12.2 Å². The van der Waals surface area contributed by atoms with Crippen molar-refractivity contribution in [3.63, 3.8) is 0 Å². The number of thioether (sulfide) groups is 1. The topological polar surface area (TPSA) is 69.1 Å². The van der Waals surface area contributed by atoms with Crippen molar-refractivity contribution < 1.29 is 4.79 Å². The molecule has 116 valence electrons. The first kappa shape index (κ1) is 15.1. The quantitative estimate of drug-likeness (QED) is 0.898. The largest absolute Gasteiger partial charge is 0.346 e. The average molecular weight is 316 g/mol. The summed E-state index contributed by atoms with van der Waals surface area (Å²) in [4.78, 5) is 18.9. The smallest absolute Gasteiger partial charge is 0.231 e. The van der Waals surface area contributed by atoms with Gasteiger partial charge in [-0.3, -0.25) is 20.1 Å². The van der Waals surface area contributed by atoms with Crippen molar-refractivity contribution in [2.24, 2.45) is 0 Å². The van der Waals surface area contributed by atoms with Crippen molar-refractivity contribution in [2.45, 2.75) is 31.2 Å². The van der Waals surface area contributed by atoms with Gasteiger partial charge in [-0.15, -0.1) is 11.8 Å². The van der Waals surface area contributed by atoms with E-state index in [0.29, 0.717) is 12.3 Å². The van der Waals surface area contributed by atoms with E-state index >= 15 is 0 Å². The summed E-state index contributed by atoms with van der Waals surface area (Å²) in [6.07, 6.45) is 7.11. The monoisotopic (exact) mass is 316 g/mol. The molecule has 0 radical (unpaired) electrons. The number of carbonyl (C=O) groups excluding carboxylic acids is 1. The Morgan fingerprint density at radius 3 is 3.05 bits per heavy atom. The highest BCUT2D eigenvalue weighted by Gasteiger charge is 2.43. The molecule has 6 heteroatoms. The number of aromatic nitrogens is 1. The SMILES string of the molecule is CC[C@@]1(C2=CC(c3cccnc3)CS2)CC(=O)N(C)C(=N)N1. The third kappa shape index (κ3) is 2.52. The summed E-state index contributed by atoms with van der Waals surface area (Å²) in [6.45, 7) is 2.07. The number of hydrogen-bond donors (Lipinski definition) is 2. The number of guanidine groups is 1. The molecule has 1 fully saturated rings. The summed E-state index contributed by atoms with van der Waals surface area (Å²) >= 11 is 1.78. The zero-order valence-corrected chi connectivity index (χ0v) is 13.6. The molecule has 3 rings (SSSR count). The standard InChI is InChI=1S/C16H20N4OS/c1-3-16(8-14(21)20(2)15(17)19-16)13-7-12(10-22-13)11-5-4-6-18-9-11/h4-7,9,12H,3,8,10H2,1-2H3,(H2,17,19)/t12?,16-/m0/s1. The predicted octanol–water partition coefficient (Wildman–Crippen LogP) is 2.33. The molecule has 2 N–H and O–H groups in total. The molecule has 3 heterocycles. The van der Waals surface area contributed by atoms with Crippen LogP contribution in [0.2, 0.25) is 0 Å². The van der Waals surface area contributed by atoms with E-state index in [2.05, 4.69) is 29.4 Å². The Kier molecular flexibility index (Phi) is 3.95. The molecule has 1 amide bonds. The molecule has 1 saturated heterocycles. The van der Waals surface area contributed by atoms with Gasteiger partial charge in [0.15, 0.2) is 5.96 Å². The number of rotatable bonds is 3. The third-order valence-corrected chi connectivity index (χ3v) is 5.84. The molecule has 1 unspecified atom stereocenters. The summed E-state index contributed by atoms with van der Waals surface area (Å²) < 4.78 is 0. The van der Waals surface area contributed by atoms with Crippen LogP contribution in [0.15, 0.2) is 35.5 Å². The molecule has 22 heavy (non-hydrogen) atoms. The van der Waals surface area contributed by atoms with Gasteiger partial charge in [0, 0.05) is 36.0 Å². The van der Waals surface area contributed by atoms with Crippen molar-refractivity contribution >= 4 is 23.6 Å². The van der Waals surface area contributed by atoms with E-state index in [1.165, 1.54) is 15.4 Å². The molecule has 2 aliphatic heterocycles. The zero-order chi connectivity index (χ0) is 15.7. The maximum Gasteiger partial charge on any atom is 0.231 e. The van der Waals surface area contributed by atoms with Gasteiger partial charge in [0.2, 0.25) is 5.91 Å². The molecular formula is C16H20N4OS. The van der Waals surface area contributed by atoms with Crippen LogP contribution in [0.25, 0.3) is 0 Å². The normalized spacial score (nSPS) is 28.5. The Morgan fingerprint density at radius 1 is 1.59 bits per heavy atom. The molecule has 2 aliphatic rings. The Balaban J connectivity index is 1.89. The molecule has 0 spiro atoms. The van der Waals surface area contributed by atoms with Crippen LogP contribution in [0.3, 0.4) is 0 Å². The van der Waals surface area contributed by atoms with Crippen LogP contribution in [0.5, 0.6) is 0 Å². The van der Waals surface area contributed by atoms with Gasteiger partial charge in [0.05, 0.1) is 12.0 Å². The first-order chi connectivity index (χ1) is 10.6. The molecule has 1 aromatic rings. The Bertz CT molecular complexity index is 610. The van der Waals surface area contributed by atoms with Crippen LogP contribution in [0.1, 0.15) is 31.2 Å². The highest BCUT2D eigenvalue weighted by molar-refractivity contribution is 8.03. The van der Waals surface area contributed by atoms with Crippen molar-refractivity contribution in [3.8, 4) is 0 Å². The van der Waals surface area contributed by atoms with Crippen molar-refractivity contribution in [2.75, 3.05) is 12.8 Å². The minimum absolute atomic E-state index is 0.00284. The van der Waals surface area contributed by atoms with Crippen LogP contribution in [0, 0.1) is 5.41 Å². The van der Waals surface area contributed by atoms with Crippen LogP contribution in [-0.2, 0) is 4.79 Å². The van der Waals surface area contributed by atoms with Gasteiger partial charge in [-0.05, 0) is 18.1 Å². The number of allylic oxidation sites excluding steroid dienone is 1. The van der Waals surface area contributed by atoms with Gasteiger partial charge in [0.1, 0.15) is 0 Å². The van der Waals surface area contributed by atoms with Gasteiger partial charge >= 0.3 is 0 Å². The molecular weight excluding hydrogens is 296 g/mol. The summed E-state index contributed by atoms with van der Waals surface area (Å²) in [5.41, 5.74) is 0.771. The highest BCUT2D eigenvalue weighted by atomic mass is 32.2. The predicted molar refractivity (Wildman–Crippen MR) is 88.8 cm³/mol. The fourth-order valence-corrected chi connectivity index (χ4v) is 4.39. The molecule has 0 aromatic carbocycles. The molecule has 0 saturated carbocycles. The second kappa shape index (κ2) is 5.76. The van der Waals surface area contributed by atoms with Crippen LogP contribution in [0.4, 0.5) is 0 Å². The van der Waals surface area contributed by atoms with Gasteiger partial charge in [-0.1, -0.05) is 19.1 Å². The van der Waals surface area contributed by atoms with Crippen LogP contribution >= 0.6 is 11.8 Å². The Labute approximate surface area is 134 Å². The van der Waals surface area contributed by atoms with Gasteiger partial charge in [0.25, 0.3) is 0 Å². The van der Waals surface area contributed by atoms with Crippen LogP contribution in [-0.4, -0.2) is 40.1 Å². The number of nitrogens with one attached hydrogen (secondary N) is 2. The van der Waals surface area contributed by atoms with Crippen molar-refractivity contribution in [1.82, 2.24) is 15.2 Å².